The third kappa shape index (κ3) is 4.04. The van der Waals surface area contributed by atoms with Gasteiger partial charge in [-0.05, 0) is 36.6 Å². The van der Waals surface area contributed by atoms with Crippen LogP contribution in [0.25, 0.3) is 0 Å². The number of alkyl halides is 3. The lowest BCUT2D eigenvalue weighted by atomic mass is 10.1. The van der Waals surface area contributed by atoms with Crippen LogP contribution in [0.15, 0.2) is 36.4 Å². The normalized spacial score (nSPS) is 17.7. The van der Waals surface area contributed by atoms with Crippen LogP contribution in [0.5, 0.6) is 0 Å². The molecule has 1 aromatic heterocycles. The monoisotopic (exact) mass is 369 g/mol. The van der Waals surface area contributed by atoms with Crippen LogP contribution in [0.3, 0.4) is 0 Å². The molecule has 0 radical (unpaired) electrons. The summed E-state index contributed by atoms with van der Waals surface area (Å²) < 4.78 is 44.9. The molecule has 1 aliphatic rings. The Morgan fingerprint density at radius 3 is 2.72 bits per heavy atom. The van der Waals surface area contributed by atoms with Crippen molar-refractivity contribution >= 4 is 17.2 Å². The van der Waals surface area contributed by atoms with Gasteiger partial charge in [0.05, 0.1) is 16.5 Å². The van der Waals surface area contributed by atoms with Gasteiger partial charge in [0.15, 0.2) is 0 Å². The van der Waals surface area contributed by atoms with Gasteiger partial charge in [0.2, 0.25) is 0 Å². The highest BCUT2D eigenvalue weighted by Gasteiger charge is 2.33. The molecule has 0 aliphatic carbocycles. The zero-order valence-corrected chi connectivity index (χ0v) is 14.5. The maximum absolute atomic E-state index is 13.1. The summed E-state index contributed by atoms with van der Waals surface area (Å²) in [5.74, 6) is -0.286. The van der Waals surface area contributed by atoms with Crippen LogP contribution in [0.2, 0.25) is 0 Å². The van der Waals surface area contributed by atoms with Gasteiger partial charge in [0, 0.05) is 25.1 Å². The fraction of sp³-hybridized carbons (Fsp3) is 0.389. The number of rotatable bonds is 4. The molecular weight excluding hydrogens is 351 g/mol. The zero-order chi connectivity index (χ0) is 18.0. The van der Waals surface area contributed by atoms with E-state index in [0.29, 0.717) is 4.88 Å². The van der Waals surface area contributed by atoms with Gasteiger partial charge in [-0.3, -0.25) is 4.79 Å². The number of halogens is 3. The standard InChI is InChI=1S/C18H18F3NO2S/c1-22(11-12-5-2-3-6-13(12)18(19,20)21)17(23)16-9-8-15(25-16)14-7-4-10-24-14/h2-3,5-6,8-9,14H,4,7,10-11H2,1H3/t14-/m1/s1. The maximum atomic E-state index is 13.1. The van der Waals surface area contributed by atoms with E-state index in [2.05, 4.69) is 0 Å². The number of carbonyl (C=O) groups is 1. The Bertz CT molecular complexity index is 751. The molecule has 1 atom stereocenters. The molecule has 2 heterocycles. The second kappa shape index (κ2) is 7.17. The molecule has 25 heavy (non-hydrogen) atoms. The molecule has 1 amide bonds. The van der Waals surface area contributed by atoms with Crippen molar-refractivity contribution in [1.82, 2.24) is 4.90 Å². The smallest absolute Gasteiger partial charge is 0.373 e. The van der Waals surface area contributed by atoms with Crippen LogP contribution in [-0.2, 0) is 17.5 Å². The predicted molar refractivity (Wildman–Crippen MR) is 89.5 cm³/mol. The molecule has 0 spiro atoms. The van der Waals surface area contributed by atoms with Crippen LogP contribution in [0.1, 0.15) is 44.6 Å². The molecule has 1 aliphatic heterocycles. The average molecular weight is 369 g/mol. The Balaban J connectivity index is 1.73. The number of ether oxygens (including phenoxy) is 1. The molecule has 7 heteroatoms. The van der Waals surface area contributed by atoms with Crippen molar-refractivity contribution < 1.29 is 22.7 Å². The molecule has 2 aromatic rings. The van der Waals surface area contributed by atoms with Crippen molar-refractivity contribution in [2.45, 2.75) is 31.7 Å². The van der Waals surface area contributed by atoms with Gasteiger partial charge < -0.3 is 9.64 Å². The highest BCUT2D eigenvalue weighted by Crippen LogP contribution is 2.34. The third-order valence-electron chi connectivity index (χ3n) is 4.16. The van der Waals surface area contributed by atoms with Gasteiger partial charge in [-0.15, -0.1) is 11.3 Å². The number of benzene rings is 1. The van der Waals surface area contributed by atoms with E-state index < -0.39 is 11.7 Å². The van der Waals surface area contributed by atoms with Crippen molar-refractivity contribution in [2.24, 2.45) is 0 Å². The lowest BCUT2D eigenvalue weighted by Gasteiger charge is -2.19. The summed E-state index contributed by atoms with van der Waals surface area (Å²) in [7, 11) is 1.51. The first-order valence-electron chi connectivity index (χ1n) is 7.98. The van der Waals surface area contributed by atoms with Crippen molar-refractivity contribution in [3.05, 3.63) is 57.3 Å². The summed E-state index contributed by atoms with van der Waals surface area (Å²) in [4.78, 5) is 15.4. The van der Waals surface area contributed by atoms with Crippen LogP contribution in [-0.4, -0.2) is 24.5 Å². The summed E-state index contributed by atoms with van der Waals surface area (Å²) in [6.45, 7) is 0.627. The van der Waals surface area contributed by atoms with Crippen molar-refractivity contribution in [2.75, 3.05) is 13.7 Å². The first-order chi connectivity index (χ1) is 11.9. The maximum Gasteiger partial charge on any atom is 0.416 e. The number of hydrogen-bond acceptors (Lipinski definition) is 3. The molecule has 1 saturated heterocycles. The van der Waals surface area contributed by atoms with E-state index in [0.717, 1.165) is 30.4 Å². The molecule has 1 fully saturated rings. The fourth-order valence-electron chi connectivity index (χ4n) is 2.89. The van der Waals surface area contributed by atoms with Gasteiger partial charge in [-0.2, -0.15) is 13.2 Å². The SMILES string of the molecule is CN(Cc1ccccc1C(F)(F)F)C(=O)c1ccc([C@H]2CCCO2)s1. The van der Waals surface area contributed by atoms with Crippen molar-refractivity contribution in [3.8, 4) is 0 Å². The van der Waals surface area contributed by atoms with Gasteiger partial charge in [0.1, 0.15) is 0 Å². The van der Waals surface area contributed by atoms with Crippen molar-refractivity contribution in [3.63, 3.8) is 0 Å². The zero-order valence-electron chi connectivity index (χ0n) is 13.7. The Hall–Kier alpha value is -1.86. The summed E-state index contributed by atoms with van der Waals surface area (Å²) in [6, 6.07) is 8.92. The molecule has 0 saturated carbocycles. The Labute approximate surface area is 148 Å². The average Bonchev–Trinajstić information content (AvgIpc) is 3.24. The highest BCUT2D eigenvalue weighted by atomic mass is 32.1. The quantitative estimate of drug-likeness (QED) is 0.768. The number of carbonyl (C=O) groups excluding carboxylic acids is 1. The van der Waals surface area contributed by atoms with E-state index in [9.17, 15) is 18.0 Å². The summed E-state index contributed by atoms with van der Waals surface area (Å²) in [6.07, 6.45) is -2.47. The molecule has 0 N–H and O–H groups in total. The van der Waals surface area contributed by atoms with Gasteiger partial charge in [-0.25, -0.2) is 0 Å². The summed E-state index contributed by atoms with van der Waals surface area (Å²) in [5, 5.41) is 0. The van der Waals surface area contributed by atoms with Crippen LogP contribution in [0.4, 0.5) is 13.2 Å². The number of thiophene rings is 1. The van der Waals surface area contributed by atoms with E-state index in [1.807, 2.05) is 6.07 Å². The first-order valence-corrected chi connectivity index (χ1v) is 8.80. The molecule has 3 rings (SSSR count). The second-order valence-electron chi connectivity index (χ2n) is 6.02. The Kier molecular flexibility index (Phi) is 5.15. The lowest BCUT2D eigenvalue weighted by molar-refractivity contribution is -0.138. The van der Waals surface area contributed by atoms with Crippen LogP contribution < -0.4 is 0 Å². The first kappa shape index (κ1) is 17.9. The van der Waals surface area contributed by atoms with Gasteiger partial charge in [-0.1, -0.05) is 18.2 Å². The molecule has 1 aromatic carbocycles. The van der Waals surface area contributed by atoms with Crippen LogP contribution >= 0.6 is 11.3 Å². The van der Waals surface area contributed by atoms with E-state index in [-0.39, 0.29) is 24.1 Å². The van der Waals surface area contributed by atoms with Gasteiger partial charge >= 0.3 is 6.18 Å². The van der Waals surface area contributed by atoms with E-state index >= 15 is 0 Å². The van der Waals surface area contributed by atoms with Crippen molar-refractivity contribution in [1.29, 1.82) is 0 Å². The van der Waals surface area contributed by atoms with Crippen LogP contribution in [0, 0.1) is 0 Å². The number of amides is 1. The fourth-order valence-corrected chi connectivity index (χ4v) is 3.98. The largest absolute Gasteiger partial charge is 0.416 e. The Morgan fingerprint density at radius 2 is 2.04 bits per heavy atom. The molecule has 3 nitrogen and oxygen atoms in total. The summed E-state index contributed by atoms with van der Waals surface area (Å²) >= 11 is 1.35. The molecule has 0 bridgehead atoms. The van der Waals surface area contributed by atoms with E-state index in [4.69, 9.17) is 4.74 Å². The molecule has 134 valence electrons. The predicted octanol–water partition coefficient (Wildman–Crippen LogP) is 4.89. The Morgan fingerprint density at radius 1 is 1.28 bits per heavy atom. The lowest BCUT2D eigenvalue weighted by Crippen LogP contribution is -2.26. The number of nitrogens with zero attached hydrogens (tertiary/aromatic N) is 1. The topological polar surface area (TPSA) is 29.5 Å². The van der Waals surface area contributed by atoms with E-state index in [1.165, 1.54) is 35.4 Å². The molecule has 0 unspecified atom stereocenters. The summed E-state index contributed by atoms with van der Waals surface area (Å²) in [5.41, 5.74) is -0.623. The highest BCUT2D eigenvalue weighted by molar-refractivity contribution is 7.14. The minimum absolute atomic E-state index is 0.0304. The van der Waals surface area contributed by atoms with Gasteiger partial charge in [0.25, 0.3) is 5.91 Å². The number of hydrogen-bond donors (Lipinski definition) is 0. The second-order valence-corrected chi connectivity index (χ2v) is 7.14. The minimum Gasteiger partial charge on any atom is -0.373 e. The minimum atomic E-state index is -4.43. The molecular formula is C18H18F3NO2S. The third-order valence-corrected chi connectivity index (χ3v) is 5.33. The van der Waals surface area contributed by atoms with E-state index in [1.54, 1.807) is 12.1 Å².